The number of hydrogen-bond donors (Lipinski definition) is 0. The third-order valence-electron chi connectivity index (χ3n) is 5.14. The molecule has 0 spiro atoms. The Balaban J connectivity index is 0.00000312. The summed E-state index contributed by atoms with van der Waals surface area (Å²) in [6.45, 7) is 19.6. The molecule has 1 atom stereocenters. The van der Waals surface area contributed by atoms with Crippen LogP contribution < -0.4 is 24.8 Å². The molecule has 5 heteroatoms. The molecule has 0 fully saturated rings. The smallest absolute Gasteiger partial charge is 1.00 e. The molecule has 2 aliphatic rings. The van der Waals surface area contributed by atoms with Crippen molar-refractivity contribution < 1.29 is 45.2 Å². The third kappa shape index (κ3) is 5.24. The van der Waals surface area contributed by atoms with Gasteiger partial charge >= 0.3 is 167 Å². The SMILES string of the molecule is CC(C)(C)SC1([Si](C)(C)C2=[C]([Ti+2])CC=C2)CC=CC=C1C(C)(C)C.[Cl-].[Cl-]. The summed E-state index contributed by atoms with van der Waals surface area (Å²) in [4.78, 5) is 0. The van der Waals surface area contributed by atoms with Crippen LogP contribution in [0.2, 0.25) is 13.1 Å². The summed E-state index contributed by atoms with van der Waals surface area (Å²) in [6.07, 6.45) is 14.3. The molecule has 0 radical (unpaired) electrons. The zero-order valence-corrected chi connectivity index (χ0v) is 22.4. The molecule has 26 heavy (non-hydrogen) atoms. The molecule has 2 aliphatic carbocycles. The van der Waals surface area contributed by atoms with Crippen molar-refractivity contribution in [2.24, 2.45) is 5.41 Å². The number of halogens is 2. The van der Waals surface area contributed by atoms with Crippen LogP contribution in [-0.4, -0.2) is 17.2 Å². The summed E-state index contributed by atoms with van der Waals surface area (Å²) in [5.41, 5.74) is 1.85. The number of rotatable bonds is 3. The van der Waals surface area contributed by atoms with Crippen LogP contribution >= 0.6 is 11.8 Å². The molecule has 0 aliphatic heterocycles. The maximum atomic E-state index is 2.61. The largest absolute Gasteiger partial charge is 1.00 e. The summed E-state index contributed by atoms with van der Waals surface area (Å²) >= 11 is 4.58. The Morgan fingerprint density at radius 2 is 1.62 bits per heavy atom. The molecule has 0 N–H and O–H groups in total. The number of allylic oxidation sites excluding steroid dienone is 7. The maximum Gasteiger partial charge on any atom is -1.00 e. The Kier molecular flexibility index (Phi) is 9.38. The molecule has 0 heterocycles. The van der Waals surface area contributed by atoms with Crippen LogP contribution in [0.25, 0.3) is 0 Å². The van der Waals surface area contributed by atoms with Crippen molar-refractivity contribution in [1.29, 1.82) is 0 Å². The molecule has 0 nitrogen and oxygen atoms in total. The van der Waals surface area contributed by atoms with E-state index in [9.17, 15) is 0 Å². The van der Waals surface area contributed by atoms with Gasteiger partial charge in [0.1, 0.15) is 0 Å². The molecule has 0 aromatic rings. The van der Waals surface area contributed by atoms with Crippen molar-refractivity contribution >= 4 is 19.8 Å². The fraction of sp³-hybridized carbons (Fsp3) is 0.619. The van der Waals surface area contributed by atoms with Gasteiger partial charge in [0.2, 0.25) is 0 Å². The van der Waals surface area contributed by atoms with Crippen molar-refractivity contribution in [3.8, 4) is 0 Å². The summed E-state index contributed by atoms with van der Waals surface area (Å²) in [7, 11) is -1.73. The van der Waals surface area contributed by atoms with Crippen LogP contribution in [0.15, 0.2) is 45.0 Å². The fourth-order valence-electron chi connectivity index (χ4n) is 4.15. The minimum atomic E-state index is -1.73. The van der Waals surface area contributed by atoms with E-state index in [-0.39, 0.29) is 39.3 Å². The van der Waals surface area contributed by atoms with E-state index in [1.807, 2.05) is 0 Å². The first-order valence-corrected chi connectivity index (χ1v) is 13.6. The zero-order valence-electron chi connectivity index (χ0n) is 17.5. The van der Waals surface area contributed by atoms with E-state index in [0.717, 1.165) is 6.42 Å². The maximum absolute atomic E-state index is 2.61. The number of hydrogen-bond acceptors (Lipinski definition) is 1. The second-order valence-corrected chi connectivity index (χ2v) is 17.7. The van der Waals surface area contributed by atoms with Crippen LogP contribution in [-0.2, 0) is 20.4 Å². The first kappa shape index (κ1) is 26.8. The summed E-state index contributed by atoms with van der Waals surface area (Å²) in [5, 5.41) is 1.68. The van der Waals surface area contributed by atoms with Crippen molar-refractivity contribution in [2.45, 2.75) is 76.6 Å². The molecule has 0 saturated heterocycles. The van der Waals surface area contributed by atoms with E-state index in [2.05, 4.69) is 117 Å². The molecule has 145 valence electrons. The van der Waals surface area contributed by atoms with Crippen LogP contribution in [0, 0.1) is 5.41 Å². The van der Waals surface area contributed by atoms with Crippen molar-refractivity contribution in [3.63, 3.8) is 0 Å². The Labute approximate surface area is 191 Å². The predicted octanol–water partition coefficient (Wildman–Crippen LogP) is 0.745. The van der Waals surface area contributed by atoms with Gasteiger partial charge in [-0.2, -0.15) is 0 Å². The van der Waals surface area contributed by atoms with Crippen molar-refractivity contribution in [3.05, 3.63) is 45.0 Å². The van der Waals surface area contributed by atoms with Gasteiger partial charge in [0.15, 0.2) is 0 Å². The van der Waals surface area contributed by atoms with Gasteiger partial charge in [0, 0.05) is 0 Å². The molecule has 0 amide bonds. The van der Waals surface area contributed by atoms with Gasteiger partial charge in [0.25, 0.3) is 0 Å². The van der Waals surface area contributed by atoms with Gasteiger partial charge in [-0.15, -0.1) is 0 Å². The van der Waals surface area contributed by atoms with E-state index in [0.29, 0.717) is 0 Å². The van der Waals surface area contributed by atoms with Gasteiger partial charge in [-0.05, 0) is 0 Å². The van der Waals surface area contributed by atoms with E-state index in [1.54, 1.807) is 14.6 Å². The van der Waals surface area contributed by atoms with E-state index >= 15 is 0 Å². The third-order valence-corrected chi connectivity index (χ3v) is 13.8. The van der Waals surface area contributed by atoms with Crippen LogP contribution in [0.4, 0.5) is 0 Å². The summed E-state index contributed by atoms with van der Waals surface area (Å²) in [5.74, 6) is 0. The first-order chi connectivity index (χ1) is 10.8. The molecular formula is C21H33Cl2SSiTi. The standard InChI is InChI=1S/C21H33SSi.2ClH.Ti/c1-19(2,3)18-15-11-12-16-21(18,22-20(4,5)6)23(7,8)17-13-9-10-14-17;;;/h9,11-13,15H,10,16H2,1-8H3;2*1H;/q;;;+2/p-2. The zero-order chi connectivity index (χ0) is 18.4. The quantitative estimate of drug-likeness (QED) is 0.556. The van der Waals surface area contributed by atoms with E-state index < -0.39 is 8.07 Å². The van der Waals surface area contributed by atoms with Gasteiger partial charge in [-0.1, -0.05) is 0 Å². The van der Waals surface area contributed by atoms with Gasteiger partial charge in [-0.25, -0.2) is 0 Å². The van der Waals surface area contributed by atoms with E-state index in [1.165, 1.54) is 6.42 Å². The predicted molar refractivity (Wildman–Crippen MR) is 110 cm³/mol. The van der Waals surface area contributed by atoms with Crippen LogP contribution in [0.3, 0.4) is 0 Å². The first-order valence-electron chi connectivity index (χ1n) is 9.01. The van der Waals surface area contributed by atoms with E-state index in [4.69, 9.17) is 0 Å². The Morgan fingerprint density at radius 3 is 2.04 bits per heavy atom. The molecule has 2 rings (SSSR count). The topological polar surface area (TPSA) is 0 Å². The normalized spacial score (nSPS) is 23.5. The second-order valence-electron chi connectivity index (χ2n) is 9.63. The fourth-order valence-corrected chi connectivity index (χ4v) is 13.5. The minimum absolute atomic E-state index is 0. The molecule has 0 bridgehead atoms. The number of thioether (sulfide) groups is 1. The van der Waals surface area contributed by atoms with Crippen LogP contribution in [0.5, 0.6) is 0 Å². The molecule has 0 aromatic heterocycles. The van der Waals surface area contributed by atoms with Crippen molar-refractivity contribution in [1.82, 2.24) is 0 Å². The minimum Gasteiger partial charge on any atom is -1.00 e. The second kappa shape index (κ2) is 9.10. The monoisotopic (exact) mass is 463 g/mol. The van der Waals surface area contributed by atoms with Gasteiger partial charge < -0.3 is 24.8 Å². The van der Waals surface area contributed by atoms with Crippen LogP contribution in [0.1, 0.15) is 54.4 Å². The molecule has 0 aromatic carbocycles. The molecular weight excluding hydrogens is 431 g/mol. The Morgan fingerprint density at radius 1 is 1.04 bits per heavy atom. The summed E-state index contributed by atoms with van der Waals surface area (Å²) in [6, 6.07) is 0. The van der Waals surface area contributed by atoms with Gasteiger partial charge in [-0.3, -0.25) is 0 Å². The molecule has 0 saturated carbocycles. The Hall–Kier alpha value is 0.821. The summed E-state index contributed by atoms with van der Waals surface area (Å²) < 4.78 is 2.07. The average molecular weight is 464 g/mol. The average Bonchev–Trinajstić information content (AvgIpc) is 2.82. The van der Waals surface area contributed by atoms with Crippen molar-refractivity contribution in [2.75, 3.05) is 0 Å². The molecule has 1 unspecified atom stereocenters. The Bertz CT molecular complexity index is 633. The van der Waals surface area contributed by atoms with Gasteiger partial charge in [0.05, 0.1) is 0 Å².